The summed E-state index contributed by atoms with van der Waals surface area (Å²) in [6, 6.07) is 0. The summed E-state index contributed by atoms with van der Waals surface area (Å²) in [5, 5.41) is 0. The van der Waals surface area contributed by atoms with Crippen molar-refractivity contribution >= 4 is 0 Å². The third kappa shape index (κ3) is 8.44. The molecule has 0 radical (unpaired) electrons. The fraction of sp³-hybridized carbons (Fsp3) is 0. The molecule has 6 rings (SSSR count). The van der Waals surface area contributed by atoms with E-state index < -0.39 is 0 Å². The number of nitrogens with zero attached hydrogens (tertiary/aromatic N) is 12. The van der Waals surface area contributed by atoms with Crippen molar-refractivity contribution in [2.75, 3.05) is 0 Å². The smallest absolute Gasteiger partial charge is 0.329 e. The fourth-order valence-electron chi connectivity index (χ4n) is 2.93. The van der Waals surface area contributed by atoms with Gasteiger partial charge in [0.1, 0.15) is 22.8 Å². The summed E-state index contributed by atoms with van der Waals surface area (Å²) in [4.78, 5) is 40.3. The van der Waals surface area contributed by atoms with Crippen LogP contribution in [0, 0.1) is 14.1 Å². The molecule has 0 aliphatic carbocycles. The quantitative estimate of drug-likeness (QED) is 0.168. The van der Waals surface area contributed by atoms with Crippen LogP contribution >= 0.6 is 0 Å². The maximum absolute atomic E-state index is 4.15. The van der Waals surface area contributed by atoms with Crippen molar-refractivity contribution in [1.29, 1.82) is 0 Å². The monoisotopic (exact) mass is 604 g/mol. The van der Waals surface area contributed by atoms with Gasteiger partial charge in [-0.2, -0.15) is 0 Å². The molecule has 0 aliphatic rings. The molecular weight excluding hydrogens is 581 g/mol. The molecule has 0 atom stereocenters. The second kappa shape index (κ2) is 15.2. The van der Waals surface area contributed by atoms with Crippen LogP contribution in [0.3, 0.4) is 0 Å². The van der Waals surface area contributed by atoms with E-state index >= 15 is 0 Å². The van der Waals surface area contributed by atoms with Gasteiger partial charge in [-0.25, -0.2) is 0 Å². The van der Waals surface area contributed by atoms with E-state index in [1.165, 1.54) is 0 Å². The van der Waals surface area contributed by atoms with E-state index in [9.17, 15) is 0 Å². The maximum atomic E-state index is 4.15. The van der Waals surface area contributed by atoms with Crippen molar-refractivity contribution in [3.63, 3.8) is 0 Å². The third-order valence-corrected chi connectivity index (χ3v) is 4.72. The van der Waals surface area contributed by atoms with Gasteiger partial charge in [0.2, 0.25) is 0 Å². The van der Waals surface area contributed by atoms with Crippen LogP contribution in [0.1, 0.15) is 0 Å². The Labute approximate surface area is 237 Å². The van der Waals surface area contributed by atoms with Crippen molar-refractivity contribution in [1.82, 2.24) is 49.8 Å². The minimum atomic E-state index is 0. The van der Waals surface area contributed by atoms with Gasteiger partial charge in [0.05, 0.1) is 36.2 Å². The summed E-state index contributed by atoms with van der Waals surface area (Å²) in [6.45, 7) is 0. The Balaban J connectivity index is 0.000000160. The van der Waals surface area contributed by atoms with Crippen LogP contribution in [0.15, 0.2) is 112 Å². The summed E-state index contributed by atoms with van der Waals surface area (Å²) >= 11 is 0. The Bertz CT molecular complexity index is 1410. The molecule has 6 heterocycles. The number of aromatic nitrogens is 12. The van der Waals surface area contributed by atoms with E-state index in [2.05, 4.69) is 63.9 Å². The largest absolute Gasteiger partial charge is 2.00 e. The third-order valence-electron chi connectivity index (χ3n) is 4.72. The first kappa shape index (κ1) is 28.4. The first-order chi connectivity index (χ1) is 18.7. The first-order valence-electron chi connectivity index (χ1n) is 11.1. The molecule has 0 amide bonds. The van der Waals surface area contributed by atoms with E-state index in [0.29, 0.717) is 0 Å². The standard InChI is InChI=1S/2C9H8N4.C8H6N4.Ru/c2*1-13-5-4-11-7-9(13)8-6-10-2-3-12-8;1-3-11-7(5-9-1)8-6-10-2-4-12-8;/h2*2-7H,1H2;1-6H;/q;;;+2. The van der Waals surface area contributed by atoms with Crippen LogP contribution in [0.2, 0.25) is 0 Å². The van der Waals surface area contributed by atoms with E-state index in [1.54, 1.807) is 121 Å². The molecule has 0 bridgehead atoms. The molecule has 0 spiro atoms. The number of hydrogen-bond donors (Lipinski definition) is 0. The maximum Gasteiger partial charge on any atom is 2.00 e. The van der Waals surface area contributed by atoms with Gasteiger partial charge in [0.15, 0.2) is 0 Å². The molecule has 39 heavy (non-hydrogen) atoms. The van der Waals surface area contributed by atoms with Crippen LogP contribution in [-0.2, 0) is 19.5 Å². The van der Waals surface area contributed by atoms with Gasteiger partial charge in [0, 0.05) is 101 Å². The zero-order valence-corrected chi connectivity index (χ0v) is 22.3. The van der Waals surface area contributed by atoms with Gasteiger partial charge in [0.25, 0.3) is 0 Å². The van der Waals surface area contributed by atoms with Crippen molar-refractivity contribution < 1.29 is 28.6 Å². The molecule has 6 aromatic heterocycles. The Hall–Kier alpha value is -5.16. The Morgan fingerprint density at radius 3 is 0.974 bits per heavy atom. The van der Waals surface area contributed by atoms with Crippen molar-refractivity contribution in [3.05, 3.63) is 126 Å². The normalized spacial score (nSPS) is 9.54. The zero-order chi connectivity index (χ0) is 26.4. The van der Waals surface area contributed by atoms with Crippen molar-refractivity contribution in [2.24, 2.45) is 0 Å². The number of rotatable bonds is 3. The van der Waals surface area contributed by atoms with Crippen LogP contribution in [0.5, 0.6) is 0 Å². The molecule has 0 aliphatic heterocycles. The number of hydrogen-bond acceptors (Lipinski definition) is 10. The predicted molar refractivity (Wildman–Crippen MR) is 135 cm³/mol. The SMILES string of the molecule is [CH2-][n+]1ccncc1-c1cnccn1.[CH2-][n+]1ccncc1-c1cnccn1.[Ru+2].c1cnc(-c2cnccn2)cn1. The fourth-order valence-corrected chi connectivity index (χ4v) is 2.93. The summed E-state index contributed by atoms with van der Waals surface area (Å²) in [6.07, 6.45) is 30.0. The van der Waals surface area contributed by atoms with Crippen LogP contribution < -0.4 is 9.13 Å². The molecule has 0 unspecified atom stereocenters. The Kier molecular flexibility index (Phi) is 11.1. The van der Waals surface area contributed by atoms with E-state index in [4.69, 9.17) is 0 Å². The van der Waals surface area contributed by atoms with Gasteiger partial charge < -0.3 is 9.13 Å². The molecule has 12 nitrogen and oxygen atoms in total. The van der Waals surface area contributed by atoms with Gasteiger partial charge in [-0.3, -0.25) is 49.8 Å². The van der Waals surface area contributed by atoms with Crippen LogP contribution in [0.25, 0.3) is 34.2 Å². The van der Waals surface area contributed by atoms with Crippen LogP contribution in [-0.4, -0.2) is 49.8 Å². The Morgan fingerprint density at radius 2 is 0.692 bits per heavy atom. The zero-order valence-electron chi connectivity index (χ0n) is 20.5. The Morgan fingerprint density at radius 1 is 0.385 bits per heavy atom. The second-order valence-corrected chi connectivity index (χ2v) is 7.23. The molecule has 13 heteroatoms. The molecular formula is C26H22N12Ru+2. The minimum Gasteiger partial charge on any atom is -0.329 e. The van der Waals surface area contributed by atoms with Crippen molar-refractivity contribution in [2.45, 2.75) is 0 Å². The first-order valence-corrected chi connectivity index (χ1v) is 11.1. The molecule has 0 saturated heterocycles. The van der Waals surface area contributed by atoms with E-state index in [-0.39, 0.29) is 19.5 Å². The average Bonchev–Trinajstić information content (AvgIpc) is 3.00. The van der Waals surface area contributed by atoms with E-state index in [0.717, 1.165) is 34.2 Å². The average molecular weight is 604 g/mol. The summed E-state index contributed by atoms with van der Waals surface area (Å²) in [5.41, 5.74) is 4.71. The molecule has 0 saturated carbocycles. The van der Waals surface area contributed by atoms with Crippen LogP contribution in [0.4, 0.5) is 0 Å². The molecule has 0 aromatic carbocycles. The second-order valence-electron chi connectivity index (χ2n) is 7.23. The van der Waals surface area contributed by atoms with Gasteiger partial charge in [-0.1, -0.05) is 0 Å². The molecule has 0 fully saturated rings. The van der Waals surface area contributed by atoms with Gasteiger partial charge >= 0.3 is 19.5 Å². The van der Waals surface area contributed by atoms with Gasteiger partial charge in [-0.15, -0.1) is 0 Å². The minimum absolute atomic E-state index is 0. The van der Waals surface area contributed by atoms with Gasteiger partial charge in [-0.05, 0) is 0 Å². The van der Waals surface area contributed by atoms with E-state index in [1.807, 2.05) is 0 Å². The summed E-state index contributed by atoms with van der Waals surface area (Å²) in [5.74, 6) is 0. The summed E-state index contributed by atoms with van der Waals surface area (Å²) < 4.78 is 3.41. The topological polar surface area (TPSA) is 137 Å². The molecule has 192 valence electrons. The predicted octanol–water partition coefficient (Wildman–Crippen LogP) is 1.86. The van der Waals surface area contributed by atoms with Crippen molar-refractivity contribution in [3.8, 4) is 34.2 Å². The molecule has 6 aromatic rings. The summed E-state index contributed by atoms with van der Waals surface area (Å²) in [7, 11) is 7.61. The molecule has 0 N–H and O–H groups in total.